The smallest absolute Gasteiger partial charge is 0.293 e. The molecule has 4 heteroatoms. The van der Waals surface area contributed by atoms with Crippen LogP contribution in [0.25, 0.3) is 10.8 Å². The molecule has 4 rings (SSSR count). The van der Waals surface area contributed by atoms with Gasteiger partial charge in [0.05, 0.1) is 0 Å². The molecule has 3 aromatic carbocycles. The fourth-order valence-corrected chi connectivity index (χ4v) is 3.15. The minimum Gasteiger partial charge on any atom is -0.489 e. The van der Waals surface area contributed by atoms with Gasteiger partial charge in [0.2, 0.25) is 6.04 Å². The number of nitrogens with one attached hydrogen (secondary N) is 1. The van der Waals surface area contributed by atoms with E-state index >= 15 is 0 Å². The van der Waals surface area contributed by atoms with Crippen molar-refractivity contribution in [1.82, 2.24) is 0 Å². The lowest BCUT2D eigenvalue weighted by molar-refractivity contribution is -0.704. The molecule has 0 saturated heterocycles. The molecular formula is C25H23N2O2+. The third kappa shape index (κ3) is 4.61. The van der Waals surface area contributed by atoms with Gasteiger partial charge in [-0.15, -0.1) is 0 Å². The number of benzene rings is 3. The maximum Gasteiger partial charge on any atom is 0.293 e. The highest BCUT2D eigenvalue weighted by Crippen LogP contribution is 2.18. The number of hydrogen-bond acceptors (Lipinski definition) is 2. The van der Waals surface area contributed by atoms with Crippen LogP contribution in [0.1, 0.15) is 18.5 Å². The molecule has 0 aliphatic rings. The lowest BCUT2D eigenvalue weighted by atomic mass is 10.1. The maximum atomic E-state index is 12.7. The molecule has 1 aromatic heterocycles. The second kappa shape index (κ2) is 8.57. The van der Waals surface area contributed by atoms with Crippen molar-refractivity contribution >= 4 is 22.4 Å². The van der Waals surface area contributed by atoms with Crippen molar-refractivity contribution in [2.45, 2.75) is 19.6 Å². The highest BCUT2D eigenvalue weighted by atomic mass is 16.5. The van der Waals surface area contributed by atoms with Crippen molar-refractivity contribution in [1.29, 1.82) is 0 Å². The average molecular weight is 383 g/mol. The van der Waals surface area contributed by atoms with E-state index in [2.05, 4.69) is 11.4 Å². The Labute approximate surface area is 170 Å². The monoisotopic (exact) mass is 383 g/mol. The lowest BCUT2D eigenvalue weighted by Gasteiger charge is -2.10. The van der Waals surface area contributed by atoms with Gasteiger partial charge in [0.25, 0.3) is 5.91 Å². The highest BCUT2D eigenvalue weighted by molar-refractivity contribution is 5.92. The van der Waals surface area contributed by atoms with Gasteiger partial charge >= 0.3 is 0 Å². The molecule has 0 aliphatic carbocycles. The topological polar surface area (TPSA) is 42.2 Å². The standard InChI is InChI=1S/C25H22N2O2/c1-19(27-16-15-21-9-5-6-10-22(21)17-27)25(28)26-23-11-13-24(14-12-23)29-18-20-7-3-2-4-8-20/h2-17,19H,18H2,1H3/p+1/t19-/m0/s1. The second-order valence-corrected chi connectivity index (χ2v) is 6.98. The van der Waals surface area contributed by atoms with Crippen molar-refractivity contribution in [3.05, 3.63) is 103 Å². The van der Waals surface area contributed by atoms with E-state index in [0.717, 1.165) is 27.8 Å². The van der Waals surface area contributed by atoms with Gasteiger partial charge in [-0.3, -0.25) is 4.79 Å². The summed E-state index contributed by atoms with van der Waals surface area (Å²) in [6.07, 6.45) is 3.94. The predicted molar refractivity (Wildman–Crippen MR) is 115 cm³/mol. The molecule has 0 fully saturated rings. The first-order chi connectivity index (χ1) is 14.2. The van der Waals surface area contributed by atoms with Crippen molar-refractivity contribution in [2.75, 3.05) is 5.32 Å². The van der Waals surface area contributed by atoms with Crippen LogP contribution in [0.15, 0.2) is 97.3 Å². The molecule has 0 spiro atoms. The minimum atomic E-state index is -0.325. The van der Waals surface area contributed by atoms with Crippen LogP contribution in [0.4, 0.5) is 5.69 Å². The van der Waals surface area contributed by atoms with E-state index in [1.165, 1.54) is 0 Å². The van der Waals surface area contributed by atoms with Crippen molar-refractivity contribution in [3.63, 3.8) is 0 Å². The summed E-state index contributed by atoms with van der Waals surface area (Å²) in [7, 11) is 0. The van der Waals surface area contributed by atoms with E-state index in [-0.39, 0.29) is 11.9 Å². The molecule has 0 radical (unpaired) electrons. The summed E-state index contributed by atoms with van der Waals surface area (Å²) in [6.45, 7) is 2.41. The molecule has 1 heterocycles. The summed E-state index contributed by atoms with van der Waals surface area (Å²) in [5.74, 6) is 0.701. The molecule has 4 nitrogen and oxygen atoms in total. The number of carbonyl (C=O) groups excluding carboxylic acids is 1. The Kier molecular flexibility index (Phi) is 5.52. The zero-order valence-electron chi connectivity index (χ0n) is 16.3. The number of anilines is 1. The summed E-state index contributed by atoms with van der Waals surface area (Å²) in [5.41, 5.74) is 1.86. The largest absolute Gasteiger partial charge is 0.489 e. The zero-order valence-corrected chi connectivity index (χ0v) is 16.3. The first-order valence-electron chi connectivity index (χ1n) is 9.66. The normalized spacial score (nSPS) is 11.8. The van der Waals surface area contributed by atoms with Crippen molar-refractivity contribution < 1.29 is 14.1 Å². The highest BCUT2D eigenvalue weighted by Gasteiger charge is 2.22. The van der Waals surface area contributed by atoms with Crippen molar-refractivity contribution in [3.8, 4) is 5.75 Å². The molecule has 1 atom stereocenters. The molecule has 0 saturated carbocycles. The molecule has 0 bridgehead atoms. The van der Waals surface area contributed by atoms with E-state index in [0.29, 0.717) is 6.61 Å². The van der Waals surface area contributed by atoms with Crippen LogP contribution >= 0.6 is 0 Å². The van der Waals surface area contributed by atoms with Crippen LogP contribution in [0, 0.1) is 0 Å². The Morgan fingerprint density at radius 2 is 1.59 bits per heavy atom. The zero-order chi connectivity index (χ0) is 20.1. The van der Waals surface area contributed by atoms with Gasteiger partial charge < -0.3 is 10.1 Å². The first-order valence-corrected chi connectivity index (χ1v) is 9.66. The Bertz CT molecular complexity index is 1110. The summed E-state index contributed by atoms with van der Waals surface area (Å²) in [4.78, 5) is 12.7. The number of pyridine rings is 1. The predicted octanol–water partition coefficient (Wildman–Crippen LogP) is 4.91. The molecule has 1 N–H and O–H groups in total. The Hall–Kier alpha value is -3.66. The summed E-state index contributed by atoms with van der Waals surface area (Å²) in [5, 5.41) is 5.24. The lowest BCUT2D eigenvalue weighted by Crippen LogP contribution is -2.44. The third-order valence-electron chi connectivity index (χ3n) is 4.91. The van der Waals surface area contributed by atoms with Gasteiger partial charge in [-0.1, -0.05) is 48.5 Å². The number of aromatic nitrogens is 1. The van der Waals surface area contributed by atoms with E-state index in [4.69, 9.17) is 4.74 Å². The fraction of sp³-hybridized carbons (Fsp3) is 0.120. The van der Waals surface area contributed by atoms with Gasteiger partial charge in [-0.2, -0.15) is 4.57 Å². The van der Waals surface area contributed by atoms with E-state index < -0.39 is 0 Å². The molecule has 29 heavy (non-hydrogen) atoms. The van der Waals surface area contributed by atoms with E-state index in [9.17, 15) is 4.79 Å². The summed E-state index contributed by atoms with van der Waals surface area (Å²) >= 11 is 0. The quantitative estimate of drug-likeness (QED) is 0.481. The molecule has 4 aromatic rings. The van der Waals surface area contributed by atoms with Crippen molar-refractivity contribution in [2.24, 2.45) is 0 Å². The Morgan fingerprint density at radius 3 is 2.34 bits per heavy atom. The molecule has 0 unspecified atom stereocenters. The number of nitrogens with zero attached hydrogens (tertiary/aromatic N) is 1. The van der Waals surface area contributed by atoms with Gasteiger partial charge in [-0.05, 0) is 41.3 Å². The Morgan fingerprint density at radius 1 is 0.897 bits per heavy atom. The Balaban J connectivity index is 1.38. The van der Waals surface area contributed by atoms with Crippen LogP contribution in [0.2, 0.25) is 0 Å². The number of hydrogen-bond donors (Lipinski definition) is 1. The summed E-state index contributed by atoms with van der Waals surface area (Å²) in [6, 6.07) is 27.3. The van der Waals surface area contributed by atoms with Crippen LogP contribution in [-0.2, 0) is 11.4 Å². The van der Waals surface area contributed by atoms with Gasteiger partial charge in [0.15, 0.2) is 12.4 Å². The first kappa shape index (κ1) is 18.7. The fourth-order valence-electron chi connectivity index (χ4n) is 3.15. The average Bonchev–Trinajstić information content (AvgIpc) is 2.78. The number of rotatable bonds is 6. The molecule has 0 aliphatic heterocycles. The molecule has 1 amide bonds. The van der Waals surface area contributed by atoms with E-state index in [1.54, 1.807) is 0 Å². The van der Waals surface area contributed by atoms with Crippen LogP contribution < -0.4 is 14.6 Å². The SMILES string of the molecule is C[C@@H](C(=O)Nc1ccc(OCc2ccccc2)cc1)[n+]1ccc2ccccc2c1. The minimum absolute atomic E-state index is 0.0664. The van der Waals surface area contributed by atoms with Gasteiger partial charge in [0, 0.05) is 24.1 Å². The van der Waals surface area contributed by atoms with Crippen LogP contribution in [-0.4, -0.2) is 5.91 Å². The van der Waals surface area contributed by atoms with Crippen LogP contribution in [0.5, 0.6) is 5.75 Å². The number of carbonyl (C=O) groups is 1. The molecule has 144 valence electrons. The number of amides is 1. The van der Waals surface area contributed by atoms with Crippen LogP contribution in [0.3, 0.4) is 0 Å². The second-order valence-electron chi connectivity index (χ2n) is 6.98. The maximum absolute atomic E-state index is 12.7. The number of ether oxygens (including phenoxy) is 1. The van der Waals surface area contributed by atoms with Gasteiger partial charge in [0.1, 0.15) is 12.4 Å². The number of fused-ring (bicyclic) bond motifs is 1. The third-order valence-corrected chi connectivity index (χ3v) is 4.91. The summed E-state index contributed by atoms with van der Waals surface area (Å²) < 4.78 is 7.72. The van der Waals surface area contributed by atoms with Gasteiger partial charge in [-0.25, -0.2) is 0 Å². The van der Waals surface area contributed by atoms with E-state index in [1.807, 2.05) is 103 Å². The molecular weight excluding hydrogens is 360 g/mol.